The van der Waals surface area contributed by atoms with Crippen LogP contribution in [0.5, 0.6) is 0 Å². The topological polar surface area (TPSA) is 37.2 Å². The molecule has 2 saturated heterocycles. The third kappa shape index (κ3) is 4.66. The van der Waals surface area contributed by atoms with Gasteiger partial charge in [-0.2, -0.15) is 0 Å². The number of rotatable bonds is 6. The lowest BCUT2D eigenvalue weighted by atomic mass is 9.97. The van der Waals surface area contributed by atoms with Crippen LogP contribution >= 0.6 is 0 Å². The number of piperidine rings is 1. The minimum Gasteiger partial charge on any atom is -0.317 e. The van der Waals surface area contributed by atoms with Crippen LogP contribution in [0.3, 0.4) is 0 Å². The van der Waals surface area contributed by atoms with E-state index in [-0.39, 0.29) is 0 Å². The molecule has 5 heteroatoms. The number of aromatic nitrogens is 3. The molecule has 2 aromatic rings. The van der Waals surface area contributed by atoms with Crippen molar-refractivity contribution in [2.45, 2.75) is 38.1 Å². The Morgan fingerprint density at radius 3 is 2.59 bits per heavy atom. The van der Waals surface area contributed by atoms with Gasteiger partial charge in [0.2, 0.25) is 0 Å². The molecule has 0 aliphatic carbocycles. The molecule has 0 saturated carbocycles. The average molecular weight is 366 g/mol. The highest BCUT2D eigenvalue weighted by Gasteiger charge is 2.26. The van der Waals surface area contributed by atoms with E-state index in [1.54, 1.807) is 0 Å². The first kappa shape index (κ1) is 18.4. The van der Waals surface area contributed by atoms with Crippen LogP contribution in [0.15, 0.2) is 36.4 Å². The molecule has 3 heterocycles. The Morgan fingerprint density at radius 1 is 1.00 bits per heavy atom. The molecule has 2 fully saturated rings. The van der Waals surface area contributed by atoms with Gasteiger partial charge in [0.25, 0.3) is 0 Å². The van der Waals surface area contributed by atoms with Gasteiger partial charge in [-0.25, -0.2) is 0 Å². The Kier molecular flexibility index (Phi) is 6.00. The van der Waals surface area contributed by atoms with Gasteiger partial charge in [0.15, 0.2) is 0 Å². The van der Waals surface area contributed by atoms with Crippen molar-refractivity contribution in [3.63, 3.8) is 0 Å². The van der Waals surface area contributed by atoms with E-state index in [9.17, 15) is 0 Å². The zero-order valence-electron chi connectivity index (χ0n) is 16.4. The zero-order chi connectivity index (χ0) is 18.5. The molecule has 2 aliphatic rings. The molecule has 27 heavy (non-hydrogen) atoms. The highest BCUT2D eigenvalue weighted by molar-refractivity contribution is 5.48. The second-order valence-electron chi connectivity index (χ2n) is 7.93. The molecule has 0 spiro atoms. The quantitative estimate of drug-likeness (QED) is 0.787. The molecule has 2 aliphatic heterocycles. The Hall–Kier alpha value is -1.98. The van der Waals surface area contributed by atoms with E-state index in [0.717, 1.165) is 25.5 Å². The van der Waals surface area contributed by atoms with Crippen molar-refractivity contribution in [1.29, 1.82) is 0 Å². The summed E-state index contributed by atoms with van der Waals surface area (Å²) in [7, 11) is 2.15. The van der Waals surface area contributed by atoms with Crippen molar-refractivity contribution in [3.8, 4) is 0 Å². The molecule has 0 N–H and O–H groups in total. The molecule has 0 bridgehead atoms. The summed E-state index contributed by atoms with van der Waals surface area (Å²) in [6.45, 7) is 6.60. The maximum Gasteiger partial charge on any atom is 0.146 e. The summed E-state index contributed by atoms with van der Waals surface area (Å²) in [6, 6.07) is 10.5. The fraction of sp³-hybridized carbons (Fsp3) is 0.545. The molecule has 0 amide bonds. The number of likely N-dealkylation sites (tertiary alicyclic amines) is 2. The minimum absolute atomic E-state index is 0.494. The SMILES string of the molecule is Cn1c(CN2CCCC2)nnc1C1CCCN(CC=Cc2ccccc2)C1. The summed E-state index contributed by atoms with van der Waals surface area (Å²) in [6.07, 6.45) is 9.59. The van der Waals surface area contributed by atoms with Gasteiger partial charge in [0.1, 0.15) is 11.6 Å². The van der Waals surface area contributed by atoms with Crippen molar-refractivity contribution < 1.29 is 0 Å². The van der Waals surface area contributed by atoms with Crippen LogP contribution in [0.25, 0.3) is 6.08 Å². The Bertz CT molecular complexity index is 745. The van der Waals surface area contributed by atoms with Gasteiger partial charge >= 0.3 is 0 Å². The number of hydrogen-bond donors (Lipinski definition) is 0. The fourth-order valence-electron chi connectivity index (χ4n) is 4.34. The molecule has 1 unspecified atom stereocenters. The number of hydrogen-bond acceptors (Lipinski definition) is 4. The van der Waals surface area contributed by atoms with E-state index in [1.807, 2.05) is 0 Å². The molecule has 1 aromatic heterocycles. The maximum absolute atomic E-state index is 4.59. The lowest BCUT2D eigenvalue weighted by Gasteiger charge is -2.31. The van der Waals surface area contributed by atoms with E-state index >= 15 is 0 Å². The number of nitrogens with zero attached hydrogens (tertiary/aromatic N) is 5. The first-order valence-electron chi connectivity index (χ1n) is 10.3. The highest BCUT2D eigenvalue weighted by atomic mass is 15.3. The van der Waals surface area contributed by atoms with Crippen LogP contribution in [0.1, 0.15) is 48.8 Å². The highest BCUT2D eigenvalue weighted by Crippen LogP contribution is 2.26. The molecule has 5 nitrogen and oxygen atoms in total. The lowest BCUT2D eigenvalue weighted by molar-refractivity contribution is 0.221. The third-order valence-corrected chi connectivity index (χ3v) is 5.91. The third-order valence-electron chi connectivity index (χ3n) is 5.91. The van der Waals surface area contributed by atoms with Gasteiger partial charge in [-0.15, -0.1) is 10.2 Å². The van der Waals surface area contributed by atoms with Crippen LogP contribution in [0.4, 0.5) is 0 Å². The molecule has 0 radical (unpaired) electrons. The number of benzene rings is 1. The van der Waals surface area contributed by atoms with Crippen molar-refractivity contribution >= 4 is 6.08 Å². The predicted molar refractivity (Wildman–Crippen MR) is 109 cm³/mol. The van der Waals surface area contributed by atoms with Gasteiger partial charge in [0.05, 0.1) is 6.54 Å². The first-order valence-corrected chi connectivity index (χ1v) is 10.3. The van der Waals surface area contributed by atoms with E-state index in [1.165, 1.54) is 56.7 Å². The van der Waals surface area contributed by atoms with Crippen molar-refractivity contribution in [2.75, 3.05) is 32.7 Å². The Balaban J connectivity index is 1.35. The summed E-state index contributed by atoms with van der Waals surface area (Å²) in [5.74, 6) is 2.78. The van der Waals surface area contributed by atoms with Crippen LogP contribution < -0.4 is 0 Å². The van der Waals surface area contributed by atoms with Gasteiger partial charge in [0, 0.05) is 26.1 Å². The van der Waals surface area contributed by atoms with E-state index in [4.69, 9.17) is 0 Å². The molecule has 1 aromatic carbocycles. The van der Waals surface area contributed by atoms with E-state index in [0.29, 0.717) is 5.92 Å². The minimum atomic E-state index is 0.494. The van der Waals surface area contributed by atoms with Crippen molar-refractivity contribution in [2.24, 2.45) is 7.05 Å². The van der Waals surface area contributed by atoms with Crippen molar-refractivity contribution in [3.05, 3.63) is 53.6 Å². The summed E-state index contributed by atoms with van der Waals surface area (Å²) in [5, 5.41) is 9.11. The van der Waals surface area contributed by atoms with Gasteiger partial charge < -0.3 is 4.57 Å². The first-order chi connectivity index (χ1) is 13.3. The summed E-state index contributed by atoms with van der Waals surface area (Å²) >= 11 is 0. The summed E-state index contributed by atoms with van der Waals surface area (Å²) in [4.78, 5) is 5.04. The largest absolute Gasteiger partial charge is 0.317 e. The molecule has 1 atom stereocenters. The zero-order valence-corrected chi connectivity index (χ0v) is 16.4. The monoisotopic (exact) mass is 365 g/mol. The second-order valence-corrected chi connectivity index (χ2v) is 7.93. The van der Waals surface area contributed by atoms with E-state index < -0.39 is 0 Å². The molecular weight excluding hydrogens is 334 g/mol. The van der Waals surface area contributed by atoms with Gasteiger partial charge in [-0.05, 0) is 50.9 Å². The maximum atomic E-state index is 4.59. The second kappa shape index (κ2) is 8.81. The Morgan fingerprint density at radius 2 is 1.78 bits per heavy atom. The predicted octanol–water partition coefficient (Wildman–Crippen LogP) is 3.30. The van der Waals surface area contributed by atoms with Gasteiger partial charge in [-0.1, -0.05) is 42.5 Å². The molecule has 144 valence electrons. The Labute approximate surface area is 162 Å². The van der Waals surface area contributed by atoms with Crippen LogP contribution in [-0.2, 0) is 13.6 Å². The normalized spacial score (nSPS) is 22.0. The fourth-order valence-corrected chi connectivity index (χ4v) is 4.34. The van der Waals surface area contributed by atoms with Crippen LogP contribution in [0, 0.1) is 0 Å². The van der Waals surface area contributed by atoms with Gasteiger partial charge in [-0.3, -0.25) is 9.80 Å². The summed E-state index contributed by atoms with van der Waals surface area (Å²) in [5.41, 5.74) is 1.27. The molecular formula is C22H31N5. The van der Waals surface area contributed by atoms with Crippen molar-refractivity contribution in [1.82, 2.24) is 24.6 Å². The van der Waals surface area contributed by atoms with E-state index in [2.05, 4.69) is 74.1 Å². The molecule has 4 rings (SSSR count). The summed E-state index contributed by atoms with van der Waals surface area (Å²) < 4.78 is 2.26. The van der Waals surface area contributed by atoms with Crippen LogP contribution in [-0.4, -0.2) is 57.3 Å². The van der Waals surface area contributed by atoms with Crippen LogP contribution in [0.2, 0.25) is 0 Å². The smallest absolute Gasteiger partial charge is 0.146 e. The average Bonchev–Trinajstić information content (AvgIpc) is 3.34. The standard InChI is InChI=1S/C22H31N5/c1-25-21(18-27-13-5-6-14-27)23-24-22(25)20-12-8-16-26(17-20)15-7-11-19-9-3-2-4-10-19/h2-4,7,9-11,20H,5-6,8,12-18H2,1H3. The lowest BCUT2D eigenvalue weighted by Crippen LogP contribution is -2.35.